The molecule has 0 spiro atoms. The predicted molar refractivity (Wildman–Crippen MR) is 74.9 cm³/mol. The summed E-state index contributed by atoms with van der Waals surface area (Å²) >= 11 is 0. The fourth-order valence-electron chi connectivity index (χ4n) is 2.23. The highest BCUT2D eigenvalue weighted by molar-refractivity contribution is 4.66. The van der Waals surface area contributed by atoms with Crippen molar-refractivity contribution >= 4 is 0 Å². The molecule has 0 heterocycles. The lowest BCUT2D eigenvalue weighted by molar-refractivity contribution is 0.223. The molecule has 0 aromatic rings. The van der Waals surface area contributed by atoms with E-state index in [-0.39, 0.29) is 0 Å². The monoisotopic (exact) mass is 227 g/mol. The molecular weight excluding hydrogens is 194 g/mol. The van der Waals surface area contributed by atoms with E-state index in [0.717, 1.165) is 0 Å². The summed E-state index contributed by atoms with van der Waals surface area (Å²) < 4.78 is 0. The van der Waals surface area contributed by atoms with E-state index in [1.165, 1.54) is 58.0 Å². The molecule has 0 radical (unpaired) electrons. The molecule has 16 heavy (non-hydrogen) atoms. The largest absolute Gasteiger partial charge is 0.306 e. The minimum Gasteiger partial charge on any atom is -0.306 e. The Bertz CT molecular complexity index is 146. The first-order valence-corrected chi connectivity index (χ1v) is 7.14. The highest BCUT2D eigenvalue weighted by Crippen LogP contribution is 2.14. The molecule has 98 valence electrons. The molecule has 0 unspecified atom stereocenters. The smallest absolute Gasteiger partial charge is 0.00270 e. The van der Waals surface area contributed by atoms with Gasteiger partial charge in [0.15, 0.2) is 0 Å². The molecule has 0 N–H and O–H groups in total. The van der Waals surface area contributed by atoms with Crippen LogP contribution in [0.1, 0.15) is 72.6 Å². The first-order valence-electron chi connectivity index (χ1n) is 7.14. The van der Waals surface area contributed by atoms with Gasteiger partial charge >= 0.3 is 0 Å². The standard InChI is InChI=1S/C15H33N/c1-6-7-8-9-10-11-12-13-16(5)14-15(2,3)4/h6-14H2,1-5H3. The molecule has 1 nitrogen and oxygen atoms in total. The molecule has 0 saturated heterocycles. The van der Waals surface area contributed by atoms with Gasteiger partial charge in [0, 0.05) is 6.54 Å². The summed E-state index contributed by atoms with van der Waals surface area (Å²) in [7, 11) is 2.25. The molecule has 0 aliphatic rings. The van der Waals surface area contributed by atoms with Crippen LogP contribution in [-0.2, 0) is 0 Å². The summed E-state index contributed by atoms with van der Waals surface area (Å²) in [5, 5.41) is 0. The number of nitrogens with zero attached hydrogens (tertiary/aromatic N) is 1. The van der Waals surface area contributed by atoms with Gasteiger partial charge in [-0.2, -0.15) is 0 Å². The number of unbranched alkanes of at least 4 members (excludes halogenated alkanes) is 6. The Morgan fingerprint density at radius 1 is 0.812 bits per heavy atom. The van der Waals surface area contributed by atoms with Gasteiger partial charge in [-0.05, 0) is 25.4 Å². The van der Waals surface area contributed by atoms with Crippen molar-refractivity contribution in [3.8, 4) is 0 Å². The lowest BCUT2D eigenvalue weighted by atomic mass is 9.96. The van der Waals surface area contributed by atoms with Crippen molar-refractivity contribution in [3.05, 3.63) is 0 Å². The molecule has 0 atom stereocenters. The average molecular weight is 227 g/mol. The second kappa shape index (κ2) is 9.04. The fourth-order valence-corrected chi connectivity index (χ4v) is 2.23. The first-order chi connectivity index (χ1) is 7.45. The van der Waals surface area contributed by atoms with Gasteiger partial charge in [0.05, 0.1) is 0 Å². The van der Waals surface area contributed by atoms with Crippen LogP contribution in [0, 0.1) is 5.41 Å². The Morgan fingerprint density at radius 2 is 1.31 bits per heavy atom. The molecule has 0 aliphatic carbocycles. The van der Waals surface area contributed by atoms with Crippen molar-refractivity contribution in [3.63, 3.8) is 0 Å². The van der Waals surface area contributed by atoms with Crippen LogP contribution in [0.5, 0.6) is 0 Å². The van der Waals surface area contributed by atoms with Crippen LogP contribution in [0.25, 0.3) is 0 Å². The van der Waals surface area contributed by atoms with Crippen LogP contribution < -0.4 is 0 Å². The Kier molecular flexibility index (Phi) is 9.02. The lowest BCUT2D eigenvalue weighted by Gasteiger charge is -2.26. The molecule has 0 bridgehead atoms. The Morgan fingerprint density at radius 3 is 1.81 bits per heavy atom. The molecule has 1 heteroatoms. The van der Waals surface area contributed by atoms with Crippen LogP contribution in [0.3, 0.4) is 0 Å². The highest BCUT2D eigenvalue weighted by atomic mass is 15.1. The number of hydrogen-bond acceptors (Lipinski definition) is 1. The minimum atomic E-state index is 0.440. The topological polar surface area (TPSA) is 3.24 Å². The third-order valence-electron chi connectivity index (χ3n) is 2.89. The normalized spacial score (nSPS) is 12.4. The second-order valence-electron chi connectivity index (χ2n) is 6.42. The number of rotatable bonds is 9. The van der Waals surface area contributed by atoms with Gasteiger partial charge in [-0.1, -0.05) is 66.2 Å². The van der Waals surface area contributed by atoms with E-state index in [4.69, 9.17) is 0 Å². The molecule has 0 rings (SSSR count). The molecular formula is C15H33N. The number of hydrogen-bond donors (Lipinski definition) is 0. The zero-order chi connectivity index (χ0) is 12.4. The molecule has 0 aliphatic heterocycles. The van der Waals surface area contributed by atoms with E-state index in [2.05, 4.69) is 39.6 Å². The predicted octanol–water partition coefficient (Wildman–Crippen LogP) is 4.71. The Labute approximate surface area is 104 Å². The molecule has 0 fully saturated rings. The van der Waals surface area contributed by atoms with Crippen molar-refractivity contribution in [1.82, 2.24) is 4.90 Å². The zero-order valence-electron chi connectivity index (χ0n) is 12.3. The molecule has 0 saturated carbocycles. The van der Waals surface area contributed by atoms with Gasteiger partial charge in [0.1, 0.15) is 0 Å². The van der Waals surface area contributed by atoms with Crippen LogP contribution in [0.2, 0.25) is 0 Å². The highest BCUT2D eigenvalue weighted by Gasteiger charge is 2.12. The van der Waals surface area contributed by atoms with E-state index in [1.54, 1.807) is 0 Å². The minimum absolute atomic E-state index is 0.440. The van der Waals surface area contributed by atoms with Gasteiger partial charge in [0.2, 0.25) is 0 Å². The Hall–Kier alpha value is -0.0400. The van der Waals surface area contributed by atoms with Crippen LogP contribution in [0.4, 0.5) is 0 Å². The average Bonchev–Trinajstić information content (AvgIpc) is 2.13. The molecule has 0 aromatic heterocycles. The SMILES string of the molecule is CCCCCCCCCN(C)CC(C)(C)C. The zero-order valence-corrected chi connectivity index (χ0v) is 12.3. The van der Waals surface area contributed by atoms with Gasteiger partial charge in [-0.3, -0.25) is 0 Å². The van der Waals surface area contributed by atoms with Gasteiger partial charge in [0.25, 0.3) is 0 Å². The summed E-state index contributed by atoms with van der Waals surface area (Å²) in [6, 6.07) is 0. The first kappa shape index (κ1) is 16.0. The molecule has 0 amide bonds. The summed E-state index contributed by atoms with van der Waals surface area (Å²) in [5.41, 5.74) is 0.440. The maximum atomic E-state index is 2.48. The summed E-state index contributed by atoms with van der Waals surface area (Å²) in [6.45, 7) is 11.7. The van der Waals surface area contributed by atoms with Crippen LogP contribution in [-0.4, -0.2) is 25.0 Å². The van der Waals surface area contributed by atoms with Crippen molar-refractivity contribution in [2.75, 3.05) is 20.1 Å². The van der Waals surface area contributed by atoms with Gasteiger partial charge in [-0.25, -0.2) is 0 Å². The summed E-state index contributed by atoms with van der Waals surface area (Å²) in [6.07, 6.45) is 9.88. The van der Waals surface area contributed by atoms with Crippen LogP contribution in [0.15, 0.2) is 0 Å². The second-order valence-corrected chi connectivity index (χ2v) is 6.42. The van der Waals surface area contributed by atoms with Crippen molar-refractivity contribution in [1.29, 1.82) is 0 Å². The van der Waals surface area contributed by atoms with Crippen molar-refractivity contribution in [2.24, 2.45) is 5.41 Å². The van der Waals surface area contributed by atoms with E-state index in [9.17, 15) is 0 Å². The maximum Gasteiger partial charge on any atom is 0.00270 e. The maximum absolute atomic E-state index is 2.48. The molecule has 0 aromatic carbocycles. The Balaban J connectivity index is 3.25. The van der Waals surface area contributed by atoms with Crippen molar-refractivity contribution < 1.29 is 0 Å². The van der Waals surface area contributed by atoms with E-state index in [0.29, 0.717) is 5.41 Å². The van der Waals surface area contributed by atoms with E-state index in [1.807, 2.05) is 0 Å². The van der Waals surface area contributed by atoms with Crippen molar-refractivity contribution in [2.45, 2.75) is 72.6 Å². The quantitative estimate of drug-likeness (QED) is 0.515. The van der Waals surface area contributed by atoms with Gasteiger partial charge in [-0.15, -0.1) is 0 Å². The van der Waals surface area contributed by atoms with E-state index >= 15 is 0 Å². The summed E-state index contributed by atoms with van der Waals surface area (Å²) in [5.74, 6) is 0. The van der Waals surface area contributed by atoms with Gasteiger partial charge < -0.3 is 4.90 Å². The third kappa shape index (κ3) is 12.0. The fraction of sp³-hybridized carbons (Fsp3) is 1.00. The third-order valence-corrected chi connectivity index (χ3v) is 2.89. The van der Waals surface area contributed by atoms with E-state index < -0.39 is 0 Å². The van der Waals surface area contributed by atoms with Crippen LogP contribution >= 0.6 is 0 Å². The lowest BCUT2D eigenvalue weighted by Crippen LogP contribution is -2.30. The summed E-state index contributed by atoms with van der Waals surface area (Å²) in [4.78, 5) is 2.48.